The zero-order chi connectivity index (χ0) is 35.5. The van der Waals surface area contributed by atoms with E-state index in [1.165, 1.54) is 0 Å². The summed E-state index contributed by atoms with van der Waals surface area (Å²) < 4.78 is 56.7. The van der Waals surface area contributed by atoms with Gasteiger partial charge in [-0.3, -0.25) is 14.5 Å². The zero-order valence-corrected chi connectivity index (χ0v) is 30.6. The Morgan fingerprint density at radius 3 is 2.54 bits per heavy atom. The molecule has 2 fully saturated rings. The topological polar surface area (TPSA) is 117 Å². The maximum atomic E-state index is 15.6. The second-order valence-electron chi connectivity index (χ2n) is 14.2. The third-order valence-corrected chi connectivity index (χ3v) is 11.8. The highest BCUT2D eigenvalue weighted by atomic mass is 32.2. The number of benzene rings is 2. The standard InChI is InChI=1S/C38H50FN5O5S/c1-5-7-15-34-40-37(18-12-21-43(25-37)36(45)38(39)19-10-11-20-38)26-44(34)23-29-16-17-31(30(22-29)24-48-6-2)32-13-8-9-14-33(32)50(46,47)42-35-27(3)28(4)49-41-35/h8-9,13-14,16-17,22H,5-7,10-12,15,18-21,23-26H2,1-4H3,(H,41,42). The van der Waals surface area contributed by atoms with Gasteiger partial charge >= 0.3 is 0 Å². The molecule has 270 valence electrons. The van der Waals surface area contributed by atoms with Crippen LogP contribution in [0.1, 0.15) is 94.1 Å². The molecule has 3 heterocycles. The van der Waals surface area contributed by atoms with Crippen molar-refractivity contribution in [3.63, 3.8) is 0 Å². The Bertz CT molecular complexity index is 1840. The van der Waals surface area contributed by atoms with Gasteiger partial charge in [-0.2, -0.15) is 0 Å². The van der Waals surface area contributed by atoms with E-state index in [0.717, 1.165) is 67.5 Å². The molecule has 1 atom stereocenters. The van der Waals surface area contributed by atoms with Crippen LogP contribution in [0, 0.1) is 13.8 Å². The molecule has 1 spiro atoms. The maximum absolute atomic E-state index is 15.6. The van der Waals surface area contributed by atoms with Gasteiger partial charge in [0.05, 0.1) is 17.0 Å². The van der Waals surface area contributed by atoms with E-state index >= 15 is 4.39 Å². The number of carbonyl (C=O) groups excluding carboxylic acids is 1. The van der Waals surface area contributed by atoms with Crippen molar-refractivity contribution in [3.8, 4) is 11.1 Å². The summed E-state index contributed by atoms with van der Waals surface area (Å²) in [5, 5.41) is 3.90. The predicted octanol–water partition coefficient (Wildman–Crippen LogP) is 7.34. The largest absolute Gasteiger partial charge is 0.377 e. The highest BCUT2D eigenvalue weighted by Gasteiger charge is 2.49. The van der Waals surface area contributed by atoms with E-state index in [0.29, 0.717) is 69.1 Å². The normalized spacial score (nSPS) is 20.5. The summed E-state index contributed by atoms with van der Waals surface area (Å²) in [6.45, 7) is 10.7. The van der Waals surface area contributed by atoms with Crippen molar-refractivity contribution >= 4 is 27.6 Å². The summed E-state index contributed by atoms with van der Waals surface area (Å²) in [5.74, 6) is 1.40. The summed E-state index contributed by atoms with van der Waals surface area (Å²) in [5.41, 5.74) is 1.71. The second kappa shape index (κ2) is 14.8. The zero-order valence-electron chi connectivity index (χ0n) is 29.8. The number of alkyl halides is 1. The van der Waals surface area contributed by atoms with Crippen molar-refractivity contribution < 1.29 is 26.9 Å². The average Bonchev–Trinajstić information content (AvgIpc) is 3.79. The van der Waals surface area contributed by atoms with E-state index in [1.807, 2.05) is 31.2 Å². The smallest absolute Gasteiger partial charge is 0.263 e. The number of nitrogens with zero attached hydrogens (tertiary/aromatic N) is 4. The van der Waals surface area contributed by atoms with Crippen LogP contribution < -0.4 is 4.72 Å². The summed E-state index contributed by atoms with van der Waals surface area (Å²) in [6, 6.07) is 13.0. The number of hydrogen-bond acceptors (Lipinski definition) is 8. The van der Waals surface area contributed by atoms with E-state index in [9.17, 15) is 13.2 Å². The third kappa shape index (κ3) is 7.46. The van der Waals surface area contributed by atoms with Crippen molar-refractivity contribution in [1.29, 1.82) is 0 Å². The maximum Gasteiger partial charge on any atom is 0.263 e. The first-order chi connectivity index (χ1) is 24.0. The molecule has 2 aliphatic heterocycles. The molecule has 12 heteroatoms. The Hall–Kier alpha value is -3.77. The lowest BCUT2D eigenvalue weighted by Gasteiger charge is -2.40. The number of likely N-dealkylation sites (tertiary alicyclic amines) is 1. The molecular weight excluding hydrogens is 658 g/mol. The summed E-state index contributed by atoms with van der Waals surface area (Å²) in [7, 11) is -4.01. The van der Waals surface area contributed by atoms with Crippen LogP contribution in [-0.2, 0) is 32.7 Å². The van der Waals surface area contributed by atoms with Crippen LogP contribution in [0.3, 0.4) is 0 Å². The first-order valence-electron chi connectivity index (χ1n) is 18.0. The predicted molar refractivity (Wildman–Crippen MR) is 192 cm³/mol. The Labute approximate surface area is 295 Å². The molecule has 0 radical (unpaired) electrons. The van der Waals surface area contributed by atoms with Crippen LogP contribution in [0.2, 0.25) is 0 Å². The number of amides is 1. The molecular formula is C38H50FN5O5S. The molecule has 1 N–H and O–H groups in total. The molecule has 50 heavy (non-hydrogen) atoms. The van der Waals surface area contributed by atoms with Gasteiger partial charge < -0.3 is 19.1 Å². The van der Waals surface area contributed by atoms with Crippen LogP contribution in [0.5, 0.6) is 0 Å². The number of rotatable bonds is 13. The summed E-state index contributed by atoms with van der Waals surface area (Å²) in [4.78, 5) is 22.9. The Morgan fingerprint density at radius 2 is 1.82 bits per heavy atom. The number of nitrogens with one attached hydrogen (secondary N) is 1. The van der Waals surface area contributed by atoms with E-state index in [4.69, 9.17) is 14.3 Å². The lowest BCUT2D eigenvalue weighted by molar-refractivity contribution is -0.146. The van der Waals surface area contributed by atoms with Crippen molar-refractivity contribution in [3.05, 3.63) is 64.9 Å². The SMILES string of the molecule is CCCCC1=NC2(CCCN(C(=O)C3(F)CCCC3)C2)CN1Cc1ccc(-c2ccccc2S(=O)(=O)Nc2noc(C)c2C)c(COCC)c1. The number of aliphatic imine (C=N–C) groups is 1. The summed E-state index contributed by atoms with van der Waals surface area (Å²) >= 11 is 0. The molecule has 1 saturated carbocycles. The Morgan fingerprint density at radius 1 is 1.04 bits per heavy atom. The van der Waals surface area contributed by atoms with Gasteiger partial charge in [-0.25, -0.2) is 12.8 Å². The highest BCUT2D eigenvalue weighted by molar-refractivity contribution is 7.92. The average molecular weight is 708 g/mol. The molecule has 3 aromatic rings. The first kappa shape index (κ1) is 36.0. The van der Waals surface area contributed by atoms with Crippen LogP contribution in [0.4, 0.5) is 10.2 Å². The quantitative estimate of drug-likeness (QED) is 0.198. The number of aromatic nitrogens is 1. The lowest BCUT2D eigenvalue weighted by atomic mass is 9.88. The Kier molecular flexibility index (Phi) is 10.7. The first-order valence-corrected chi connectivity index (χ1v) is 19.5. The molecule has 2 aromatic carbocycles. The number of aryl methyl sites for hydroxylation is 1. The molecule has 1 saturated heterocycles. The van der Waals surface area contributed by atoms with Crippen LogP contribution >= 0.6 is 0 Å². The fourth-order valence-electron chi connectivity index (χ4n) is 7.64. The number of halogens is 1. The number of amidine groups is 1. The molecule has 10 nitrogen and oxygen atoms in total. The highest BCUT2D eigenvalue weighted by Crippen LogP contribution is 2.39. The fraction of sp³-hybridized carbons (Fsp3) is 0.553. The molecule has 1 amide bonds. The number of piperidine rings is 1. The number of hydrogen-bond donors (Lipinski definition) is 1. The molecule has 6 rings (SSSR count). The van der Waals surface area contributed by atoms with E-state index in [2.05, 4.69) is 27.8 Å². The van der Waals surface area contributed by atoms with Gasteiger partial charge in [0.1, 0.15) is 11.6 Å². The Balaban J connectivity index is 1.27. The molecule has 1 aliphatic carbocycles. The van der Waals surface area contributed by atoms with Crippen molar-refractivity contribution in [2.45, 2.75) is 115 Å². The van der Waals surface area contributed by atoms with E-state index in [-0.39, 0.29) is 16.6 Å². The second-order valence-corrected chi connectivity index (χ2v) is 15.8. The minimum absolute atomic E-state index is 0.130. The minimum Gasteiger partial charge on any atom is -0.377 e. The molecule has 1 aromatic heterocycles. The van der Waals surface area contributed by atoms with Gasteiger partial charge in [0.15, 0.2) is 11.5 Å². The van der Waals surface area contributed by atoms with Gasteiger partial charge in [-0.15, -0.1) is 0 Å². The van der Waals surface area contributed by atoms with Gasteiger partial charge in [-0.1, -0.05) is 54.9 Å². The number of ether oxygens (including phenoxy) is 1. The van der Waals surface area contributed by atoms with Crippen molar-refractivity contribution in [1.82, 2.24) is 15.0 Å². The number of sulfonamides is 1. The number of anilines is 1. The number of carbonyl (C=O) groups is 1. The molecule has 1 unspecified atom stereocenters. The van der Waals surface area contributed by atoms with Gasteiger partial charge in [0.2, 0.25) is 0 Å². The fourth-order valence-corrected chi connectivity index (χ4v) is 8.92. The van der Waals surface area contributed by atoms with E-state index < -0.39 is 21.2 Å². The van der Waals surface area contributed by atoms with Gasteiger partial charge in [0.25, 0.3) is 15.9 Å². The lowest BCUT2D eigenvalue weighted by Crippen LogP contribution is -2.55. The summed E-state index contributed by atoms with van der Waals surface area (Å²) in [6.07, 6.45) is 6.71. The van der Waals surface area contributed by atoms with Gasteiger partial charge in [-0.05, 0) is 88.5 Å². The number of unbranched alkanes of at least 4 members (excludes halogenated alkanes) is 1. The third-order valence-electron chi connectivity index (χ3n) is 10.5. The van der Waals surface area contributed by atoms with Gasteiger partial charge in [0, 0.05) is 50.3 Å². The minimum atomic E-state index is -4.01. The van der Waals surface area contributed by atoms with Crippen molar-refractivity contribution in [2.24, 2.45) is 4.99 Å². The molecule has 3 aliphatic rings. The van der Waals surface area contributed by atoms with Crippen LogP contribution in [0.15, 0.2) is 56.9 Å². The monoisotopic (exact) mass is 707 g/mol. The van der Waals surface area contributed by atoms with Crippen LogP contribution in [-0.4, -0.2) is 72.6 Å². The van der Waals surface area contributed by atoms with Crippen molar-refractivity contribution in [2.75, 3.05) is 31.0 Å². The molecule has 0 bridgehead atoms. The van der Waals surface area contributed by atoms with Crippen LogP contribution in [0.25, 0.3) is 11.1 Å². The van der Waals surface area contributed by atoms with E-state index in [1.54, 1.807) is 30.9 Å².